The van der Waals surface area contributed by atoms with Crippen molar-refractivity contribution in [1.82, 2.24) is 10.2 Å². The minimum atomic E-state index is -0.495. The van der Waals surface area contributed by atoms with Crippen molar-refractivity contribution >= 4 is 17.5 Å². The van der Waals surface area contributed by atoms with Crippen LogP contribution in [0.4, 0.5) is 5.69 Å². The highest BCUT2D eigenvalue weighted by molar-refractivity contribution is 5.97. The van der Waals surface area contributed by atoms with Crippen LogP contribution < -0.4 is 16.0 Å². The van der Waals surface area contributed by atoms with E-state index in [0.29, 0.717) is 17.7 Å². The molecule has 6 heteroatoms. The summed E-state index contributed by atoms with van der Waals surface area (Å²) in [5.41, 5.74) is 7.41. The number of carbonyl (C=O) groups is 2. The first kappa shape index (κ1) is 18.9. The van der Waals surface area contributed by atoms with Gasteiger partial charge in [0.2, 0.25) is 5.91 Å². The number of benzene rings is 2. The lowest BCUT2D eigenvalue weighted by Gasteiger charge is -2.39. The predicted octanol–water partition coefficient (Wildman–Crippen LogP) is 1.73. The molecule has 0 aromatic heterocycles. The molecule has 27 heavy (non-hydrogen) atoms. The van der Waals surface area contributed by atoms with Gasteiger partial charge in [-0.3, -0.25) is 14.5 Å². The first-order valence-electron chi connectivity index (χ1n) is 9.26. The number of para-hydroxylation sites is 1. The fraction of sp³-hybridized carbons (Fsp3) is 0.333. The lowest BCUT2D eigenvalue weighted by Crippen LogP contribution is -2.52. The second kappa shape index (κ2) is 8.68. The van der Waals surface area contributed by atoms with E-state index in [2.05, 4.69) is 46.3 Å². The molecule has 142 valence electrons. The van der Waals surface area contributed by atoms with E-state index in [1.54, 1.807) is 24.3 Å². The number of hydrogen-bond acceptors (Lipinski definition) is 4. The number of piperazine rings is 1. The Morgan fingerprint density at radius 2 is 1.56 bits per heavy atom. The highest BCUT2D eigenvalue weighted by Gasteiger charge is 2.21. The molecule has 1 fully saturated rings. The average Bonchev–Trinajstić information content (AvgIpc) is 2.72. The maximum atomic E-state index is 12.3. The third-order valence-corrected chi connectivity index (χ3v) is 5.05. The quantitative estimate of drug-likeness (QED) is 0.816. The summed E-state index contributed by atoms with van der Waals surface area (Å²) >= 11 is 0. The van der Waals surface area contributed by atoms with Crippen molar-refractivity contribution in [2.75, 3.05) is 37.6 Å². The van der Waals surface area contributed by atoms with Crippen LogP contribution >= 0.6 is 0 Å². The van der Waals surface area contributed by atoms with Crippen molar-refractivity contribution in [2.24, 2.45) is 5.73 Å². The van der Waals surface area contributed by atoms with Crippen LogP contribution in [-0.2, 0) is 0 Å². The van der Waals surface area contributed by atoms with Crippen molar-refractivity contribution in [3.05, 3.63) is 65.7 Å². The summed E-state index contributed by atoms with van der Waals surface area (Å²) in [5, 5.41) is 2.98. The van der Waals surface area contributed by atoms with Crippen LogP contribution in [0.5, 0.6) is 0 Å². The predicted molar refractivity (Wildman–Crippen MR) is 107 cm³/mol. The summed E-state index contributed by atoms with van der Waals surface area (Å²) < 4.78 is 0. The van der Waals surface area contributed by atoms with E-state index in [1.165, 1.54) is 5.69 Å². The first-order valence-corrected chi connectivity index (χ1v) is 9.26. The fourth-order valence-corrected chi connectivity index (χ4v) is 3.32. The second-order valence-corrected chi connectivity index (χ2v) is 6.86. The number of primary amides is 1. The summed E-state index contributed by atoms with van der Waals surface area (Å²) in [6, 6.07) is 17.1. The number of nitrogens with zero attached hydrogens (tertiary/aromatic N) is 2. The van der Waals surface area contributed by atoms with Crippen LogP contribution in [0.2, 0.25) is 0 Å². The maximum Gasteiger partial charge on any atom is 0.251 e. The molecule has 0 radical (unpaired) electrons. The molecule has 1 aliphatic heterocycles. The molecule has 0 saturated carbocycles. The second-order valence-electron chi connectivity index (χ2n) is 6.86. The van der Waals surface area contributed by atoms with Crippen LogP contribution in [0.15, 0.2) is 54.6 Å². The van der Waals surface area contributed by atoms with Crippen LogP contribution in [0.3, 0.4) is 0 Å². The molecule has 2 aromatic rings. The molecule has 1 heterocycles. The molecule has 1 atom stereocenters. The SMILES string of the molecule is CC(CNC(=O)c1ccc(C(N)=O)cc1)N1CCN(c2ccccc2)CC1. The van der Waals surface area contributed by atoms with E-state index in [0.717, 1.165) is 26.2 Å². The zero-order valence-corrected chi connectivity index (χ0v) is 15.6. The highest BCUT2D eigenvalue weighted by atomic mass is 16.2. The van der Waals surface area contributed by atoms with Gasteiger partial charge in [-0.1, -0.05) is 18.2 Å². The largest absolute Gasteiger partial charge is 0.369 e. The van der Waals surface area contributed by atoms with Crippen molar-refractivity contribution in [3.8, 4) is 0 Å². The van der Waals surface area contributed by atoms with Crippen molar-refractivity contribution in [2.45, 2.75) is 13.0 Å². The van der Waals surface area contributed by atoms with Crippen LogP contribution in [0.25, 0.3) is 0 Å². The van der Waals surface area contributed by atoms with Crippen molar-refractivity contribution in [1.29, 1.82) is 0 Å². The fourth-order valence-electron chi connectivity index (χ4n) is 3.32. The normalized spacial score (nSPS) is 16.0. The van der Waals surface area contributed by atoms with Crippen LogP contribution in [-0.4, -0.2) is 55.5 Å². The lowest BCUT2D eigenvalue weighted by molar-refractivity contribution is 0.0932. The monoisotopic (exact) mass is 366 g/mol. The van der Waals surface area contributed by atoms with Gasteiger partial charge in [0.1, 0.15) is 0 Å². The number of carbonyl (C=O) groups excluding carboxylic acids is 2. The van der Waals surface area contributed by atoms with Gasteiger partial charge in [-0.05, 0) is 43.3 Å². The van der Waals surface area contributed by atoms with E-state index in [-0.39, 0.29) is 11.9 Å². The summed E-state index contributed by atoms with van der Waals surface area (Å²) in [4.78, 5) is 28.2. The Balaban J connectivity index is 1.46. The molecule has 2 aromatic carbocycles. The Morgan fingerprint density at radius 1 is 0.963 bits per heavy atom. The van der Waals surface area contributed by atoms with Gasteiger partial charge in [0.05, 0.1) is 0 Å². The van der Waals surface area contributed by atoms with Gasteiger partial charge in [0.25, 0.3) is 5.91 Å². The Labute approximate surface area is 159 Å². The number of nitrogens with one attached hydrogen (secondary N) is 1. The van der Waals surface area contributed by atoms with Gasteiger partial charge in [-0.2, -0.15) is 0 Å². The molecule has 2 amide bonds. The van der Waals surface area contributed by atoms with Gasteiger partial charge < -0.3 is 16.0 Å². The van der Waals surface area contributed by atoms with Gasteiger partial charge in [-0.25, -0.2) is 0 Å². The molecule has 0 spiro atoms. The molecule has 1 unspecified atom stereocenters. The van der Waals surface area contributed by atoms with Crippen molar-refractivity contribution < 1.29 is 9.59 Å². The van der Waals surface area contributed by atoms with Crippen LogP contribution in [0.1, 0.15) is 27.6 Å². The Morgan fingerprint density at radius 3 is 2.15 bits per heavy atom. The standard InChI is InChI=1S/C21H26N4O2/c1-16(15-23-21(27)18-9-7-17(8-10-18)20(22)26)24-11-13-25(14-12-24)19-5-3-2-4-6-19/h2-10,16H,11-15H2,1H3,(H2,22,26)(H,23,27). The number of amides is 2. The molecule has 1 saturated heterocycles. The van der Waals surface area contributed by atoms with E-state index < -0.39 is 5.91 Å². The molecule has 3 rings (SSSR count). The summed E-state index contributed by atoms with van der Waals surface area (Å²) in [5.74, 6) is -0.633. The number of anilines is 1. The van der Waals surface area contributed by atoms with Crippen molar-refractivity contribution in [3.63, 3.8) is 0 Å². The number of hydrogen-bond donors (Lipinski definition) is 2. The topological polar surface area (TPSA) is 78.7 Å². The minimum Gasteiger partial charge on any atom is -0.369 e. The molecule has 0 bridgehead atoms. The summed E-state index contributed by atoms with van der Waals surface area (Å²) in [7, 11) is 0. The van der Waals surface area contributed by atoms with Gasteiger partial charge in [-0.15, -0.1) is 0 Å². The zero-order chi connectivity index (χ0) is 19.2. The minimum absolute atomic E-state index is 0.138. The molecule has 1 aliphatic rings. The maximum absolute atomic E-state index is 12.3. The molecular formula is C21H26N4O2. The Kier molecular flexibility index (Phi) is 6.08. The van der Waals surface area contributed by atoms with Crippen LogP contribution in [0, 0.1) is 0 Å². The number of rotatable bonds is 6. The van der Waals surface area contributed by atoms with E-state index in [1.807, 2.05) is 6.07 Å². The lowest BCUT2D eigenvalue weighted by atomic mass is 10.1. The molecule has 3 N–H and O–H groups in total. The first-order chi connectivity index (χ1) is 13.0. The van der Waals surface area contributed by atoms with E-state index in [9.17, 15) is 9.59 Å². The number of nitrogens with two attached hydrogens (primary N) is 1. The Hall–Kier alpha value is -2.86. The third kappa shape index (κ3) is 4.86. The van der Waals surface area contributed by atoms with Gasteiger partial charge in [0.15, 0.2) is 0 Å². The summed E-state index contributed by atoms with van der Waals surface area (Å²) in [6.45, 7) is 6.63. The highest BCUT2D eigenvalue weighted by Crippen LogP contribution is 2.16. The average molecular weight is 366 g/mol. The van der Waals surface area contributed by atoms with E-state index >= 15 is 0 Å². The molecule has 6 nitrogen and oxygen atoms in total. The smallest absolute Gasteiger partial charge is 0.251 e. The van der Waals surface area contributed by atoms with Gasteiger partial charge >= 0.3 is 0 Å². The van der Waals surface area contributed by atoms with Gasteiger partial charge in [0, 0.05) is 55.6 Å². The summed E-state index contributed by atoms with van der Waals surface area (Å²) in [6.07, 6.45) is 0. The van der Waals surface area contributed by atoms with E-state index in [4.69, 9.17) is 5.73 Å². The molecule has 0 aliphatic carbocycles. The zero-order valence-electron chi connectivity index (χ0n) is 15.6. The Bertz CT molecular complexity index is 769. The third-order valence-electron chi connectivity index (χ3n) is 5.05. The molecular weight excluding hydrogens is 340 g/mol.